The molecule has 0 saturated carbocycles. The molecule has 0 radical (unpaired) electrons. The van der Waals surface area contributed by atoms with Gasteiger partial charge in [0.2, 0.25) is 0 Å². The highest BCUT2D eigenvalue weighted by Crippen LogP contribution is 2.25. The van der Waals surface area contributed by atoms with Gasteiger partial charge in [-0.3, -0.25) is 14.9 Å². The predicted octanol–water partition coefficient (Wildman–Crippen LogP) is 0.809. The lowest BCUT2D eigenvalue weighted by molar-refractivity contribution is -0.125. The molecule has 1 spiro atoms. The van der Waals surface area contributed by atoms with Crippen LogP contribution in [0.4, 0.5) is 4.79 Å². The number of likely N-dealkylation sites (tertiary alicyclic amines) is 1. The van der Waals surface area contributed by atoms with E-state index >= 15 is 0 Å². The summed E-state index contributed by atoms with van der Waals surface area (Å²) in [5.74, 6) is -0.444. The molecule has 6 heteroatoms. The Bertz CT molecular complexity index is 628. The Balaban J connectivity index is 1.82. The quantitative estimate of drug-likeness (QED) is 0.750. The SMILES string of the molecule is Cc1cccc(C(=O)N2CCCC3(C2)NC(=O)NC3=O)c1. The third-order valence-corrected chi connectivity index (χ3v) is 4.06. The van der Waals surface area contributed by atoms with Crippen molar-refractivity contribution in [2.75, 3.05) is 13.1 Å². The molecular weight excluding hydrogens is 270 g/mol. The number of piperidine rings is 1. The second-order valence-corrected chi connectivity index (χ2v) is 5.69. The number of imide groups is 1. The Labute approximate surface area is 122 Å². The predicted molar refractivity (Wildman–Crippen MR) is 75.7 cm³/mol. The van der Waals surface area contributed by atoms with Crippen LogP contribution in [0.2, 0.25) is 0 Å². The van der Waals surface area contributed by atoms with E-state index in [9.17, 15) is 14.4 Å². The minimum atomic E-state index is -0.963. The number of nitrogens with one attached hydrogen (secondary N) is 2. The summed E-state index contributed by atoms with van der Waals surface area (Å²) in [5, 5.41) is 4.93. The van der Waals surface area contributed by atoms with Crippen molar-refractivity contribution in [1.82, 2.24) is 15.5 Å². The van der Waals surface area contributed by atoms with Gasteiger partial charge in [0.25, 0.3) is 11.8 Å². The van der Waals surface area contributed by atoms with Gasteiger partial charge in [-0.2, -0.15) is 0 Å². The lowest BCUT2D eigenvalue weighted by Crippen LogP contribution is -2.59. The van der Waals surface area contributed by atoms with Gasteiger partial charge in [-0.1, -0.05) is 17.7 Å². The van der Waals surface area contributed by atoms with Crippen LogP contribution in [0, 0.1) is 6.92 Å². The molecule has 1 unspecified atom stereocenters. The summed E-state index contributed by atoms with van der Waals surface area (Å²) in [6.45, 7) is 2.74. The molecule has 1 atom stereocenters. The monoisotopic (exact) mass is 287 g/mol. The second-order valence-electron chi connectivity index (χ2n) is 5.69. The first-order valence-corrected chi connectivity index (χ1v) is 7.00. The first-order valence-electron chi connectivity index (χ1n) is 7.00. The fraction of sp³-hybridized carbons (Fsp3) is 0.400. The number of aryl methyl sites for hydroxylation is 1. The first kappa shape index (κ1) is 13.6. The number of hydrogen-bond donors (Lipinski definition) is 2. The third kappa shape index (κ3) is 2.37. The van der Waals surface area contributed by atoms with E-state index in [1.54, 1.807) is 11.0 Å². The number of amides is 4. The maximum absolute atomic E-state index is 12.6. The molecule has 2 saturated heterocycles. The highest BCUT2D eigenvalue weighted by atomic mass is 16.2. The zero-order valence-electron chi connectivity index (χ0n) is 11.8. The van der Waals surface area contributed by atoms with Gasteiger partial charge < -0.3 is 10.2 Å². The molecule has 4 amide bonds. The molecule has 2 aliphatic heterocycles. The zero-order valence-corrected chi connectivity index (χ0v) is 11.8. The van der Waals surface area contributed by atoms with Gasteiger partial charge in [-0.05, 0) is 31.9 Å². The molecule has 1 aromatic carbocycles. The van der Waals surface area contributed by atoms with E-state index in [1.807, 2.05) is 25.1 Å². The Kier molecular flexibility index (Phi) is 3.16. The first-order chi connectivity index (χ1) is 10.00. The average Bonchev–Trinajstić information content (AvgIpc) is 2.72. The summed E-state index contributed by atoms with van der Waals surface area (Å²) >= 11 is 0. The van der Waals surface area contributed by atoms with Gasteiger partial charge in [0.15, 0.2) is 0 Å². The van der Waals surface area contributed by atoms with Crippen molar-refractivity contribution in [2.45, 2.75) is 25.3 Å². The van der Waals surface area contributed by atoms with Gasteiger partial charge in [0.05, 0.1) is 6.54 Å². The second kappa shape index (κ2) is 4.87. The number of rotatable bonds is 1. The number of benzene rings is 1. The molecule has 2 fully saturated rings. The molecule has 6 nitrogen and oxygen atoms in total. The summed E-state index contributed by atoms with van der Waals surface area (Å²) in [4.78, 5) is 37.6. The van der Waals surface area contributed by atoms with Crippen molar-refractivity contribution in [2.24, 2.45) is 0 Å². The summed E-state index contributed by atoms with van der Waals surface area (Å²) in [6.07, 6.45) is 1.24. The van der Waals surface area contributed by atoms with Gasteiger partial charge in [-0.15, -0.1) is 0 Å². The minimum absolute atomic E-state index is 0.105. The van der Waals surface area contributed by atoms with Crippen LogP contribution in [0.5, 0.6) is 0 Å². The number of carbonyl (C=O) groups is 3. The van der Waals surface area contributed by atoms with Crippen molar-refractivity contribution in [3.05, 3.63) is 35.4 Å². The third-order valence-electron chi connectivity index (χ3n) is 4.06. The molecule has 0 aromatic heterocycles. The zero-order chi connectivity index (χ0) is 15.0. The molecule has 110 valence electrons. The standard InChI is InChI=1S/C15H17N3O3/c1-10-4-2-5-11(8-10)12(19)18-7-3-6-15(9-18)13(20)16-14(21)17-15/h2,4-5,8H,3,6-7,9H2,1H3,(H2,16,17,20,21). The number of carbonyl (C=O) groups excluding carboxylic acids is 3. The van der Waals surface area contributed by atoms with E-state index in [0.717, 1.165) is 5.56 Å². The van der Waals surface area contributed by atoms with E-state index in [4.69, 9.17) is 0 Å². The van der Waals surface area contributed by atoms with Crippen LogP contribution in [0.3, 0.4) is 0 Å². The summed E-state index contributed by atoms with van der Waals surface area (Å²) in [7, 11) is 0. The maximum atomic E-state index is 12.6. The van der Waals surface area contributed by atoms with Crippen LogP contribution < -0.4 is 10.6 Å². The molecule has 21 heavy (non-hydrogen) atoms. The van der Waals surface area contributed by atoms with Crippen LogP contribution in [0.15, 0.2) is 24.3 Å². The summed E-state index contributed by atoms with van der Waals surface area (Å²) in [6, 6.07) is 6.89. The van der Waals surface area contributed by atoms with Crippen molar-refractivity contribution < 1.29 is 14.4 Å². The van der Waals surface area contributed by atoms with Crippen LogP contribution in [0.25, 0.3) is 0 Å². The van der Waals surface area contributed by atoms with Crippen molar-refractivity contribution >= 4 is 17.8 Å². The Morgan fingerprint density at radius 1 is 1.33 bits per heavy atom. The molecule has 2 N–H and O–H groups in total. The Hall–Kier alpha value is -2.37. The number of urea groups is 1. The van der Waals surface area contributed by atoms with E-state index < -0.39 is 11.6 Å². The van der Waals surface area contributed by atoms with Crippen molar-refractivity contribution in [3.63, 3.8) is 0 Å². The topological polar surface area (TPSA) is 78.5 Å². The van der Waals surface area contributed by atoms with Crippen molar-refractivity contribution in [3.8, 4) is 0 Å². The van der Waals surface area contributed by atoms with E-state index in [2.05, 4.69) is 10.6 Å². The molecule has 2 heterocycles. The maximum Gasteiger partial charge on any atom is 0.322 e. The molecule has 0 bridgehead atoms. The van der Waals surface area contributed by atoms with Gasteiger partial charge in [0.1, 0.15) is 5.54 Å². The van der Waals surface area contributed by atoms with Gasteiger partial charge in [-0.25, -0.2) is 4.79 Å². The highest BCUT2D eigenvalue weighted by Gasteiger charge is 2.49. The van der Waals surface area contributed by atoms with Crippen LogP contribution in [-0.2, 0) is 4.79 Å². The normalized spacial score (nSPS) is 24.9. The average molecular weight is 287 g/mol. The molecule has 3 rings (SSSR count). The molecule has 2 aliphatic rings. The van der Waals surface area contributed by atoms with E-state index in [1.165, 1.54) is 0 Å². The number of hydrogen-bond acceptors (Lipinski definition) is 3. The highest BCUT2D eigenvalue weighted by molar-refractivity contribution is 6.07. The molecule has 1 aromatic rings. The van der Waals surface area contributed by atoms with Crippen LogP contribution in [-0.4, -0.2) is 41.4 Å². The summed E-state index contributed by atoms with van der Waals surface area (Å²) < 4.78 is 0. The lowest BCUT2D eigenvalue weighted by atomic mass is 9.89. The largest absolute Gasteiger partial charge is 0.336 e. The van der Waals surface area contributed by atoms with Crippen LogP contribution >= 0.6 is 0 Å². The van der Waals surface area contributed by atoms with Gasteiger partial charge >= 0.3 is 6.03 Å². The number of nitrogens with zero attached hydrogens (tertiary/aromatic N) is 1. The Morgan fingerprint density at radius 3 is 2.81 bits per heavy atom. The smallest absolute Gasteiger partial charge is 0.322 e. The van der Waals surface area contributed by atoms with E-state index in [0.29, 0.717) is 24.9 Å². The van der Waals surface area contributed by atoms with Crippen LogP contribution in [0.1, 0.15) is 28.8 Å². The fourth-order valence-corrected chi connectivity index (χ4v) is 3.01. The van der Waals surface area contributed by atoms with E-state index in [-0.39, 0.29) is 18.4 Å². The summed E-state index contributed by atoms with van der Waals surface area (Å²) in [5.41, 5.74) is 0.658. The van der Waals surface area contributed by atoms with Crippen molar-refractivity contribution in [1.29, 1.82) is 0 Å². The molecule has 0 aliphatic carbocycles. The lowest BCUT2D eigenvalue weighted by Gasteiger charge is -2.38. The Morgan fingerprint density at radius 2 is 2.14 bits per heavy atom. The molecular formula is C15H17N3O3. The van der Waals surface area contributed by atoms with Gasteiger partial charge in [0, 0.05) is 12.1 Å². The fourth-order valence-electron chi connectivity index (χ4n) is 3.01. The minimum Gasteiger partial charge on any atom is -0.336 e.